The van der Waals surface area contributed by atoms with Crippen LogP contribution in [0.1, 0.15) is 30.5 Å². The molecule has 0 saturated heterocycles. The summed E-state index contributed by atoms with van der Waals surface area (Å²) in [7, 11) is -2.36. The van der Waals surface area contributed by atoms with Gasteiger partial charge in [-0.25, -0.2) is 13.8 Å². The minimum absolute atomic E-state index is 0.0877. The van der Waals surface area contributed by atoms with Gasteiger partial charge in [-0.15, -0.1) is 0 Å². The standard InChI is InChI=1S/C31H32BrN3O5S/c1-20(2)29(35-41(37,38)25-14-12-21(3)13-15-25)31(36)34-33-18-22-16-27(32)30(28(17-22)39-4)40-19-24-10-7-9-23-8-5-6-11-26(23)24/h5-18,20,29,35H,19H2,1-4H3,(H,34,36)/b33-18-/t29-/m0/s1. The van der Waals surface area contributed by atoms with Gasteiger partial charge in [-0.05, 0) is 74.9 Å². The van der Waals surface area contributed by atoms with Crippen molar-refractivity contribution in [2.45, 2.75) is 38.3 Å². The summed E-state index contributed by atoms with van der Waals surface area (Å²) in [4.78, 5) is 13.0. The van der Waals surface area contributed by atoms with E-state index in [1.165, 1.54) is 18.3 Å². The lowest BCUT2D eigenvalue weighted by atomic mass is 10.1. The van der Waals surface area contributed by atoms with Gasteiger partial charge < -0.3 is 9.47 Å². The summed E-state index contributed by atoms with van der Waals surface area (Å²) in [6, 6.07) is 23.1. The lowest BCUT2D eigenvalue weighted by molar-refractivity contribution is -0.123. The minimum Gasteiger partial charge on any atom is -0.493 e. The molecule has 0 heterocycles. The highest BCUT2D eigenvalue weighted by atomic mass is 79.9. The van der Waals surface area contributed by atoms with Crippen LogP contribution < -0.4 is 19.6 Å². The third-order valence-corrected chi connectivity index (χ3v) is 8.50. The van der Waals surface area contributed by atoms with Gasteiger partial charge in [0, 0.05) is 0 Å². The molecule has 0 radical (unpaired) electrons. The summed E-state index contributed by atoms with van der Waals surface area (Å²) in [5.74, 6) is 0.121. The van der Waals surface area contributed by atoms with E-state index in [1.54, 1.807) is 45.2 Å². The molecule has 41 heavy (non-hydrogen) atoms. The number of hydrazone groups is 1. The number of carbonyl (C=O) groups excluding carboxylic acids is 1. The zero-order valence-corrected chi connectivity index (χ0v) is 25.6. The Bertz CT molecular complexity index is 1670. The van der Waals surface area contributed by atoms with E-state index < -0.39 is 22.0 Å². The number of hydrogen-bond donors (Lipinski definition) is 2. The van der Waals surface area contributed by atoms with Gasteiger partial charge in [0.15, 0.2) is 11.5 Å². The summed E-state index contributed by atoms with van der Waals surface area (Å²) in [5.41, 5.74) is 5.06. The number of halogens is 1. The number of nitrogens with zero attached hydrogens (tertiary/aromatic N) is 1. The van der Waals surface area contributed by atoms with Crippen LogP contribution >= 0.6 is 15.9 Å². The van der Waals surface area contributed by atoms with E-state index in [1.807, 2.05) is 31.2 Å². The zero-order valence-electron chi connectivity index (χ0n) is 23.2. The second-order valence-corrected chi connectivity index (χ2v) is 12.4. The number of amides is 1. The molecule has 0 fully saturated rings. The fourth-order valence-corrected chi connectivity index (χ4v) is 6.13. The maximum Gasteiger partial charge on any atom is 0.258 e. The first kappa shape index (κ1) is 30.2. The molecular formula is C31H32BrN3O5S. The van der Waals surface area contributed by atoms with Crippen molar-refractivity contribution in [3.8, 4) is 11.5 Å². The monoisotopic (exact) mass is 637 g/mol. The molecule has 1 amide bonds. The van der Waals surface area contributed by atoms with Gasteiger partial charge in [0.25, 0.3) is 5.91 Å². The Balaban J connectivity index is 1.44. The highest BCUT2D eigenvalue weighted by molar-refractivity contribution is 9.10. The van der Waals surface area contributed by atoms with Crippen molar-refractivity contribution >= 4 is 48.8 Å². The van der Waals surface area contributed by atoms with E-state index in [2.05, 4.69) is 49.4 Å². The first-order chi connectivity index (χ1) is 19.6. The van der Waals surface area contributed by atoms with Gasteiger partial charge in [-0.3, -0.25) is 4.79 Å². The molecule has 0 aliphatic heterocycles. The van der Waals surface area contributed by atoms with Crippen molar-refractivity contribution in [1.29, 1.82) is 0 Å². The van der Waals surface area contributed by atoms with Crippen LogP contribution in [0.4, 0.5) is 0 Å². The Labute approximate surface area is 248 Å². The average molecular weight is 639 g/mol. The fourth-order valence-electron chi connectivity index (χ4n) is 4.21. The predicted octanol–water partition coefficient (Wildman–Crippen LogP) is 5.95. The summed E-state index contributed by atoms with van der Waals surface area (Å²) < 4.78 is 40.5. The maximum absolute atomic E-state index is 12.9. The third-order valence-electron chi connectivity index (χ3n) is 6.45. The minimum atomic E-state index is -3.90. The SMILES string of the molecule is COc1cc(/C=N\NC(=O)[C@@H](NS(=O)(=O)c2ccc(C)cc2)C(C)C)cc(Br)c1OCc1cccc2ccccc12. The number of methoxy groups -OCH3 is 1. The number of fused-ring (bicyclic) bond motifs is 1. The molecule has 0 bridgehead atoms. The number of ether oxygens (including phenoxy) is 2. The quantitative estimate of drug-likeness (QED) is 0.156. The van der Waals surface area contributed by atoms with Gasteiger partial charge in [0.2, 0.25) is 10.0 Å². The van der Waals surface area contributed by atoms with Crippen molar-refractivity contribution in [2.24, 2.45) is 11.0 Å². The van der Waals surface area contributed by atoms with Crippen LogP contribution in [0.15, 0.2) is 93.3 Å². The van der Waals surface area contributed by atoms with Gasteiger partial charge in [-0.1, -0.05) is 74.0 Å². The number of aryl methyl sites for hydroxylation is 1. The van der Waals surface area contributed by atoms with Gasteiger partial charge in [0.05, 0.1) is 22.7 Å². The number of hydrogen-bond acceptors (Lipinski definition) is 6. The second kappa shape index (κ2) is 13.3. The Morgan fingerprint density at radius 2 is 1.73 bits per heavy atom. The van der Waals surface area contributed by atoms with E-state index >= 15 is 0 Å². The molecule has 0 saturated carbocycles. The van der Waals surface area contributed by atoms with Crippen molar-refractivity contribution < 1.29 is 22.7 Å². The summed E-state index contributed by atoms with van der Waals surface area (Å²) in [5, 5.41) is 6.31. The average Bonchev–Trinajstić information content (AvgIpc) is 2.95. The lowest BCUT2D eigenvalue weighted by Crippen LogP contribution is -2.48. The zero-order chi connectivity index (χ0) is 29.6. The largest absolute Gasteiger partial charge is 0.493 e. The molecule has 1 atom stereocenters. The number of carbonyl (C=O) groups is 1. The van der Waals surface area contributed by atoms with Crippen molar-refractivity contribution in [1.82, 2.24) is 10.1 Å². The Hall–Kier alpha value is -3.73. The first-order valence-corrected chi connectivity index (χ1v) is 15.3. The van der Waals surface area contributed by atoms with Crippen LogP contribution in [-0.2, 0) is 21.4 Å². The second-order valence-electron chi connectivity index (χ2n) is 9.85. The molecule has 0 spiro atoms. The van der Waals surface area contributed by atoms with E-state index in [0.717, 1.165) is 21.9 Å². The fraction of sp³-hybridized carbons (Fsp3) is 0.226. The molecule has 214 valence electrons. The first-order valence-electron chi connectivity index (χ1n) is 13.0. The van der Waals surface area contributed by atoms with Crippen molar-refractivity contribution in [3.05, 3.63) is 100 Å². The topological polar surface area (TPSA) is 106 Å². The highest BCUT2D eigenvalue weighted by Gasteiger charge is 2.28. The third kappa shape index (κ3) is 7.52. The summed E-state index contributed by atoms with van der Waals surface area (Å²) in [6.07, 6.45) is 1.45. The molecule has 0 aromatic heterocycles. The van der Waals surface area contributed by atoms with Gasteiger partial charge >= 0.3 is 0 Å². The molecular weight excluding hydrogens is 606 g/mol. The summed E-state index contributed by atoms with van der Waals surface area (Å²) >= 11 is 3.55. The van der Waals surface area contributed by atoms with Crippen LogP contribution in [0.25, 0.3) is 10.8 Å². The molecule has 0 aliphatic rings. The molecule has 8 nitrogen and oxygen atoms in total. The molecule has 10 heteroatoms. The van der Waals surface area contributed by atoms with E-state index in [0.29, 0.717) is 28.1 Å². The molecule has 4 rings (SSSR count). The number of nitrogens with one attached hydrogen (secondary N) is 2. The molecule has 4 aromatic carbocycles. The van der Waals surface area contributed by atoms with Crippen molar-refractivity contribution in [2.75, 3.05) is 7.11 Å². The summed E-state index contributed by atoms with van der Waals surface area (Å²) in [6.45, 7) is 5.72. The highest BCUT2D eigenvalue weighted by Crippen LogP contribution is 2.37. The van der Waals surface area contributed by atoms with Crippen LogP contribution in [0.3, 0.4) is 0 Å². The van der Waals surface area contributed by atoms with E-state index in [4.69, 9.17) is 9.47 Å². The Kier molecular flexibility index (Phi) is 9.80. The van der Waals surface area contributed by atoms with Crippen LogP contribution in [-0.4, -0.2) is 33.7 Å². The van der Waals surface area contributed by atoms with Crippen LogP contribution in [0.2, 0.25) is 0 Å². The molecule has 4 aromatic rings. The van der Waals surface area contributed by atoms with E-state index in [9.17, 15) is 13.2 Å². The van der Waals surface area contributed by atoms with E-state index in [-0.39, 0.29) is 10.8 Å². The van der Waals surface area contributed by atoms with Crippen LogP contribution in [0, 0.1) is 12.8 Å². The van der Waals surface area contributed by atoms with Gasteiger partial charge in [0.1, 0.15) is 12.6 Å². The Morgan fingerprint density at radius 3 is 2.44 bits per heavy atom. The number of sulfonamides is 1. The van der Waals surface area contributed by atoms with Gasteiger partial charge in [-0.2, -0.15) is 9.82 Å². The molecule has 0 unspecified atom stereocenters. The number of rotatable bonds is 11. The Morgan fingerprint density at radius 1 is 1.02 bits per heavy atom. The van der Waals surface area contributed by atoms with Crippen LogP contribution in [0.5, 0.6) is 11.5 Å². The van der Waals surface area contributed by atoms with Crippen molar-refractivity contribution in [3.63, 3.8) is 0 Å². The lowest BCUT2D eigenvalue weighted by Gasteiger charge is -2.20. The predicted molar refractivity (Wildman–Crippen MR) is 165 cm³/mol. The normalized spacial score (nSPS) is 12.5. The molecule has 0 aliphatic carbocycles. The number of benzene rings is 4. The maximum atomic E-state index is 12.9. The molecule has 2 N–H and O–H groups in total. The smallest absolute Gasteiger partial charge is 0.258 e.